The Morgan fingerprint density at radius 1 is 1.57 bits per heavy atom. The zero-order valence-corrected chi connectivity index (χ0v) is 8.98. The number of hydrogen-bond acceptors (Lipinski definition) is 3. The van der Waals surface area contributed by atoms with E-state index in [-0.39, 0.29) is 6.61 Å². The normalized spacial score (nSPS) is 13.4. The number of aliphatic hydroxyl groups excluding tert-OH is 1. The van der Waals surface area contributed by atoms with Crippen LogP contribution in [-0.4, -0.2) is 21.3 Å². The highest BCUT2D eigenvalue weighted by molar-refractivity contribution is 9.10. The van der Waals surface area contributed by atoms with E-state index < -0.39 is 6.04 Å². The maximum Gasteiger partial charge on any atom is 0.0825 e. The first kappa shape index (κ1) is 9.64. The molecular weight excluding hydrogens is 246 g/mol. The minimum absolute atomic E-state index is 0.0922. The van der Waals surface area contributed by atoms with Crippen LogP contribution in [0.3, 0.4) is 0 Å². The lowest BCUT2D eigenvalue weighted by Crippen LogP contribution is -2.14. The van der Waals surface area contributed by atoms with Gasteiger partial charge < -0.3 is 10.8 Å². The SMILES string of the molecule is NC(CO)c1cc2cc(Br)ccn2n1. The summed E-state index contributed by atoms with van der Waals surface area (Å²) in [6.07, 6.45) is 1.84. The molecule has 0 aliphatic heterocycles. The van der Waals surface area contributed by atoms with E-state index in [4.69, 9.17) is 10.8 Å². The molecule has 0 aromatic carbocycles. The van der Waals surface area contributed by atoms with Crippen molar-refractivity contribution in [2.24, 2.45) is 5.73 Å². The Kier molecular flexibility index (Phi) is 2.54. The second-order valence-corrected chi connectivity index (χ2v) is 3.99. The van der Waals surface area contributed by atoms with Crippen LogP contribution in [0.25, 0.3) is 5.52 Å². The Hall–Kier alpha value is -0.910. The largest absolute Gasteiger partial charge is 0.394 e. The van der Waals surface area contributed by atoms with Gasteiger partial charge in [-0.15, -0.1) is 0 Å². The molecule has 1 unspecified atom stereocenters. The lowest BCUT2D eigenvalue weighted by Gasteiger charge is -2.01. The van der Waals surface area contributed by atoms with Crippen molar-refractivity contribution in [2.45, 2.75) is 6.04 Å². The molecule has 5 heteroatoms. The number of nitrogens with zero attached hydrogens (tertiary/aromatic N) is 2. The summed E-state index contributed by atoms with van der Waals surface area (Å²) in [4.78, 5) is 0. The molecule has 2 aromatic rings. The molecule has 2 aromatic heterocycles. The van der Waals surface area contributed by atoms with E-state index in [0.29, 0.717) is 5.69 Å². The average molecular weight is 256 g/mol. The number of hydrogen-bond donors (Lipinski definition) is 2. The number of nitrogens with two attached hydrogens (primary N) is 1. The first-order valence-electron chi connectivity index (χ1n) is 4.22. The minimum Gasteiger partial charge on any atom is -0.394 e. The molecule has 0 spiro atoms. The van der Waals surface area contributed by atoms with Gasteiger partial charge in [-0.05, 0) is 18.2 Å². The zero-order valence-electron chi connectivity index (χ0n) is 7.39. The number of rotatable bonds is 2. The molecule has 2 rings (SSSR count). The van der Waals surface area contributed by atoms with Crippen LogP contribution in [0.1, 0.15) is 11.7 Å². The van der Waals surface area contributed by atoms with Gasteiger partial charge in [0, 0.05) is 10.7 Å². The Morgan fingerprint density at radius 2 is 2.36 bits per heavy atom. The fraction of sp³-hybridized carbons (Fsp3) is 0.222. The third-order valence-corrected chi connectivity index (χ3v) is 2.51. The van der Waals surface area contributed by atoms with Gasteiger partial charge in [0.15, 0.2) is 0 Å². The predicted molar refractivity (Wildman–Crippen MR) is 56.9 cm³/mol. The molecule has 3 N–H and O–H groups in total. The topological polar surface area (TPSA) is 63.5 Å². The summed E-state index contributed by atoms with van der Waals surface area (Å²) in [5, 5.41) is 13.1. The number of pyridine rings is 1. The Labute approximate surface area is 89.5 Å². The molecular formula is C9H10BrN3O. The molecule has 0 fully saturated rings. The van der Waals surface area contributed by atoms with E-state index in [1.165, 1.54) is 0 Å². The molecule has 0 saturated carbocycles. The van der Waals surface area contributed by atoms with Gasteiger partial charge in [0.2, 0.25) is 0 Å². The van der Waals surface area contributed by atoms with E-state index in [1.54, 1.807) is 4.52 Å². The third-order valence-electron chi connectivity index (χ3n) is 2.02. The lowest BCUT2D eigenvalue weighted by molar-refractivity contribution is 0.265. The highest BCUT2D eigenvalue weighted by atomic mass is 79.9. The summed E-state index contributed by atoms with van der Waals surface area (Å²) < 4.78 is 2.73. The second kappa shape index (κ2) is 3.68. The van der Waals surface area contributed by atoms with Crippen molar-refractivity contribution in [1.29, 1.82) is 0 Å². The van der Waals surface area contributed by atoms with E-state index in [2.05, 4.69) is 21.0 Å². The molecule has 74 valence electrons. The van der Waals surface area contributed by atoms with Gasteiger partial charge in [0.05, 0.1) is 23.9 Å². The number of aliphatic hydroxyl groups is 1. The van der Waals surface area contributed by atoms with Crippen LogP contribution in [0.4, 0.5) is 0 Å². The molecule has 1 atom stereocenters. The summed E-state index contributed by atoms with van der Waals surface area (Å²) in [7, 11) is 0. The quantitative estimate of drug-likeness (QED) is 0.845. The van der Waals surface area contributed by atoms with Gasteiger partial charge in [-0.2, -0.15) is 5.10 Å². The van der Waals surface area contributed by atoms with E-state index in [1.807, 2.05) is 24.4 Å². The van der Waals surface area contributed by atoms with Gasteiger partial charge in [-0.3, -0.25) is 0 Å². The van der Waals surface area contributed by atoms with Crippen LogP contribution in [0.15, 0.2) is 28.9 Å². The van der Waals surface area contributed by atoms with E-state index in [0.717, 1.165) is 9.99 Å². The molecule has 0 amide bonds. The van der Waals surface area contributed by atoms with Crippen molar-refractivity contribution in [3.05, 3.63) is 34.6 Å². The van der Waals surface area contributed by atoms with Crippen LogP contribution >= 0.6 is 15.9 Å². The lowest BCUT2D eigenvalue weighted by atomic mass is 10.2. The monoisotopic (exact) mass is 255 g/mol. The van der Waals surface area contributed by atoms with Gasteiger partial charge >= 0.3 is 0 Å². The summed E-state index contributed by atoms with van der Waals surface area (Å²) >= 11 is 3.37. The van der Waals surface area contributed by atoms with Crippen LogP contribution in [0, 0.1) is 0 Å². The summed E-state index contributed by atoms with van der Waals surface area (Å²) in [5.41, 5.74) is 7.31. The molecule has 0 aliphatic rings. The van der Waals surface area contributed by atoms with E-state index in [9.17, 15) is 0 Å². The van der Waals surface area contributed by atoms with Crippen LogP contribution < -0.4 is 5.73 Å². The maximum absolute atomic E-state index is 8.88. The molecule has 14 heavy (non-hydrogen) atoms. The Balaban J connectivity index is 2.51. The van der Waals surface area contributed by atoms with Crippen LogP contribution in [0.5, 0.6) is 0 Å². The van der Waals surface area contributed by atoms with Crippen molar-refractivity contribution in [3.63, 3.8) is 0 Å². The molecule has 2 heterocycles. The van der Waals surface area contributed by atoms with Crippen molar-refractivity contribution >= 4 is 21.4 Å². The molecule has 0 saturated heterocycles. The highest BCUT2D eigenvalue weighted by Gasteiger charge is 2.09. The smallest absolute Gasteiger partial charge is 0.0825 e. The second-order valence-electron chi connectivity index (χ2n) is 3.07. The molecule has 0 radical (unpaired) electrons. The summed E-state index contributed by atoms with van der Waals surface area (Å²) in [6, 6.07) is 5.30. The first-order chi connectivity index (χ1) is 6.70. The number of aromatic nitrogens is 2. The fourth-order valence-corrected chi connectivity index (χ4v) is 1.61. The first-order valence-corrected chi connectivity index (χ1v) is 5.01. The maximum atomic E-state index is 8.88. The van der Waals surface area contributed by atoms with Gasteiger partial charge in [0.1, 0.15) is 0 Å². The third kappa shape index (κ3) is 1.66. The Morgan fingerprint density at radius 3 is 3.07 bits per heavy atom. The van der Waals surface area contributed by atoms with Crippen molar-refractivity contribution in [3.8, 4) is 0 Å². The number of fused-ring (bicyclic) bond motifs is 1. The standard InChI is InChI=1S/C9H10BrN3O/c10-6-1-2-13-7(3-6)4-9(12-13)8(11)5-14/h1-4,8,14H,5,11H2. The molecule has 4 nitrogen and oxygen atoms in total. The summed E-state index contributed by atoms with van der Waals surface area (Å²) in [5.74, 6) is 0. The van der Waals surface area contributed by atoms with E-state index >= 15 is 0 Å². The van der Waals surface area contributed by atoms with Gasteiger partial charge in [-0.25, -0.2) is 4.52 Å². The number of halogens is 1. The highest BCUT2D eigenvalue weighted by Crippen LogP contribution is 2.16. The minimum atomic E-state index is -0.409. The van der Waals surface area contributed by atoms with Gasteiger partial charge in [0.25, 0.3) is 0 Å². The molecule has 0 bridgehead atoms. The van der Waals surface area contributed by atoms with Crippen LogP contribution in [0.2, 0.25) is 0 Å². The summed E-state index contributed by atoms with van der Waals surface area (Å²) in [6.45, 7) is -0.0922. The van der Waals surface area contributed by atoms with Crippen LogP contribution in [-0.2, 0) is 0 Å². The Bertz CT molecular complexity index is 454. The molecule has 0 aliphatic carbocycles. The van der Waals surface area contributed by atoms with Gasteiger partial charge in [-0.1, -0.05) is 15.9 Å². The van der Waals surface area contributed by atoms with Crippen molar-refractivity contribution < 1.29 is 5.11 Å². The fourth-order valence-electron chi connectivity index (χ4n) is 1.26. The average Bonchev–Trinajstić information content (AvgIpc) is 2.59. The van der Waals surface area contributed by atoms with Crippen molar-refractivity contribution in [1.82, 2.24) is 9.61 Å². The zero-order chi connectivity index (χ0) is 10.1. The predicted octanol–water partition coefficient (Wildman–Crippen LogP) is 1.09. The van der Waals surface area contributed by atoms with Crippen molar-refractivity contribution in [2.75, 3.05) is 6.61 Å².